The summed E-state index contributed by atoms with van der Waals surface area (Å²) in [5.74, 6) is 1.70. The maximum atomic E-state index is 5.46. The van der Waals surface area contributed by atoms with Crippen molar-refractivity contribution < 1.29 is 9.47 Å². The predicted molar refractivity (Wildman–Crippen MR) is 80.6 cm³/mol. The van der Waals surface area contributed by atoms with Crippen LogP contribution >= 0.6 is 0 Å². The molecule has 0 amide bonds. The Bertz CT molecular complexity index is 708. The highest BCUT2D eigenvalue weighted by molar-refractivity contribution is 5.80. The minimum Gasteiger partial charge on any atom is -0.496 e. The molecule has 3 heteroatoms. The summed E-state index contributed by atoms with van der Waals surface area (Å²) in [5, 5.41) is 1.24. The highest BCUT2D eigenvalue weighted by Gasteiger charge is 2.11. The lowest BCUT2D eigenvalue weighted by Gasteiger charge is -2.14. The number of methoxy groups -OCH3 is 2. The van der Waals surface area contributed by atoms with E-state index in [0.717, 1.165) is 23.6 Å². The van der Waals surface area contributed by atoms with Crippen molar-refractivity contribution in [2.45, 2.75) is 6.54 Å². The van der Waals surface area contributed by atoms with E-state index < -0.39 is 0 Å². The number of nitrogens with zero attached hydrogens (tertiary/aromatic N) is 1. The monoisotopic (exact) mass is 267 g/mol. The van der Waals surface area contributed by atoms with Gasteiger partial charge in [0.1, 0.15) is 11.5 Å². The van der Waals surface area contributed by atoms with Gasteiger partial charge in [-0.3, -0.25) is 0 Å². The van der Waals surface area contributed by atoms with E-state index in [9.17, 15) is 0 Å². The van der Waals surface area contributed by atoms with Gasteiger partial charge in [-0.2, -0.15) is 0 Å². The number of ether oxygens (including phenoxy) is 2. The van der Waals surface area contributed by atoms with Gasteiger partial charge in [0.25, 0.3) is 0 Å². The SMILES string of the molecule is COc1cccc(OC)c1Cn1ccc2ccccc21. The van der Waals surface area contributed by atoms with E-state index >= 15 is 0 Å². The smallest absolute Gasteiger partial charge is 0.127 e. The molecule has 0 aliphatic rings. The zero-order valence-electron chi connectivity index (χ0n) is 11.7. The average molecular weight is 267 g/mol. The van der Waals surface area contributed by atoms with Crippen molar-refractivity contribution in [2.75, 3.05) is 14.2 Å². The molecule has 3 nitrogen and oxygen atoms in total. The minimum absolute atomic E-state index is 0.723. The van der Waals surface area contributed by atoms with Crippen LogP contribution in [0.2, 0.25) is 0 Å². The summed E-state index contributed by atoms with van der Waals surface area (Å²) < 4.78 is 13.1. The first-order valence-corrected chi connectivity index (χ1v) is 6.57. The van der Waals surface area contributed by atoms with Crippen LogP contribution in [-0.2, 0) is 6.54 Å². The van der Waals surface area contributed by atoms with Gasteiger partial charge in [-0.15, -0.1) is 0 Å². The normalized spacial score (nSPS) is 10.7. The van der Waals surface area contributed by atoms with E-state index in [4.69, 9.17) is 9.47 Å². The third-order valence-electron chi connectivity index (χ3n) is 3.54. The summed E-state index contributed by atoms with van der Waals surface area (Å²) in [6.45, 7) is 0.723. The first kappa shape index (κ1) is 12.6. The largest absolute Gasteiger partial charge is 0.496 e. The molecule has 0 N–H and O–H groups in total. The van der Waals surface area contributed by atoms with E-state index in [1.807, 2.05) is 18.2 Å². The summed E-state index contributed by atoms with van der Waals surface area (Å²) >= 11 is 0. The molecular formula is C17H17NO2. The second-order valence-electron chi connectivity index (χ2n) is 4.64. The summed E-state index contributed by atoms with van der Waals surface area (Å²) in [5.41, 5.74) is 2.26. The number of rotatable bonds is 4. The van der Waals surface area contributed by atoms with Crippen LogP contribution in [0, 0.1) is 0 Å². The van der Waals surface area contributed by atoms with Gasteiger partial charge in [-0.1, -0.05) is 24.3 Å². The third kappa shape index (κ3) is 2.11. The van der Waals surface area contributed by atoms with E-state index in [0.29, 0.717) is 0 Å². The zero-order chi connectivity index (χ0) is 13.9. The Morgan fingerprint density at radius 1 is 0.850 bits per heavy atom. The van der Waals surface area contributed by atoms with Crippen LogP contribution < -0.4 is 9.47 Å². The van der Waals surface area contributed by atoms with Gasteiger partial charge in [-0.25, -0.2) is 0 Å². The molecule has 0 spiro atoms. The van der Waals surface area contributed by atoms with Gasteiger partial charge >= 0.3 is 0 Å². The molecular weight excluding hydrogens is 250 g/mol. The molecule has 2 aromatic carbocycles. The van der Waals surface area contributed by atoms with Crippen molar-refractivity contribution in [3.05, 3.63) is 60.3 Å². The maximum Gasteiger partial charge on any atom is 0.127 e. The van der Waals surface area contributed by atoms with Crippen molar-refractivity contribution in [2.24, 2.45) is 0 Å². The van der Waals surface area contributed by atoms with Crippen LogP contribution in [-0.4, -0.2) is 18.8 Å². The van der Waals surface area contributed by atoms with E-state index in [-0.39, 0.29) is 0 Å². The fourth-order valence-electron chi connectivity index (χ4n) is 2.53. The van der Waals surface area contributed by atoms with Gasteiger partial charge < -0.3 is 14.0 Å². The van der Waals surface area contributed by atoms with E-state index in [2.05, 4.69) is 41.1 Å². The van der Waals surface area contributed by atoms with Crippen LogP contribution in [0.3, 0.4) is 0 Å². The molecule has 0 radical (unpaired) electrons. The lowest BCUT2D eigenvalue weighted by Crippen LogP contribution is -2.03. The van der Waals surface area contributed by atoms with Crippen molar-refractivity contribution in [1.82, 2.24) is 4.57 Å². The van der Waals surface area contributed by atoms with Crippen LogP contribution in [0.15, 0.2) is 54.7 Å². The van der Waals surface area contributed by atoms with Crippen LogP contribution in [0.1, 0.15) is 5.56 Å². The fourth-order valence-corrected chi connectivity index (χ4v) is 2.53. The summed E-state index contributed by atoms with van der Waals surface area (Å²) in [4.78, 5) is 0. The molecule has 0 saturated carbocycles. The molecule has 3 rings (SSSR count). The Labute approximate surface area is 118 Å². The predicted octanol–water partition coefficient (Wildman–Crippen LogP) is 3.71. The molecule has 0 saturated heterocycles. The van der Waals surface area contributed by atoms with Gasteiger partial charge in [0.05, 0.1) is 26.3 Å². The number of fused-ring (bicyclic) bond motifs is 1. The van der Waals surface area contributed by atoms with Crippen LogP contribution in [0.4, 0.5) is 0 Å². The third-order valence-corrected chi connectivity index (χ3v) is 3.54. The van der Waals surface area contributed by atoms with Gasteiger partial charge in [0.15, 0.2) is 0 Å². The molecule has 0 aliphatic carbocycles. The van der Waals surface area contributed by atoms with Crippen molar-refractivity contribution in [3.8, 4) is 11.5 Å². The Morgan fingerprint density at radius 2 is 1.55 bits per heavy atom. The van der Waals surface area contributed by atoms with Crippen molar-refractivity contribution >= 4 is 10.9 Å². The Kier molecular flexibility index (Phi) is 3.33. The fraction of sp³-hybridized carbons (Fsp3) is 0.176. The van der Waals surface area contributed by atoms with Crippen molar-refractivity contribution in [1.29, 1.82) is 0 Å². The molecule has 102 valence electrons. The number of benzene rings is 2. The quantitative estimate of drug-likeness (QED) is 0.719. The first-order chi connectivity index (χ1) is 9.83. The first-order valence-electron chi connectivity index (χ1n) is 6.57. The Hall–Kier alpha value is -2.42. The molecule has 20 heavy (non-hydrogen) atoms. The Morgan fingerprint density at radius 3 is 2.25 bits per heavy atom. The average Bonchev–Trinajstić information content (AvgIpc) is 2.91. The topological polar surface area (TPSA) is 23.4 Å². The highest BCUT2D eigenvalue weighted by atomic mass is 16.5. The molecule has 0 aliphatic heterocycles. The number of aromatic nitrogens is 1. The standard InChI is InChI=1S/C17H17NO2/c1-19-16-8-5-9-17(20-2)14(16)12-18-11-10-13-6-3-4-7-15(13)18/h3-11H,12H2,1-2H3. The molecule has 0 bridgehead atoms. The number of para-hydroxylation sites is 1. The molecule has 0 unspecified atom stereocenters. The van der Waals surface area contributed by atoms with Gasteiger partial charge in [0, 0.05) is 11.7 Å². The lowest BCUT2D eigenvalue weighted by molar-refractivity contribution is 0.383. The molecule has 0 atom stereocenters. The molecule has 1 heterocycles. The Balaban J connectivity index is 2.07. The molecule has 0 fully saturated rings. The molecule has 1 aromatic heterocycles. The van der Waals surface area contributed by atoms with E-state index in [1.165, 1.54) is 10.9 Å². The minimum atomic E-state index is 0.723. The summed E-state index contributed by atoms with van der Waals surface area (Å²) in [7, 11) is 3.37. The highest BCUT2D eigenvalue weighted by Crippen LogP contribution is 2.30. The molecule has 3 aromatic rings. The van der Waals surface area contributed by atoms with Crippen LogP contribution in [0.5, 0.6) is 11.5 Å². The second-order valence-corrected chi connectivity index (χ2v) is 4.64. The lowest BCUT2D eigenvalue weighted by atomic mass is 10.1. The number of hydrogen-bond donors (Lipinski definition) is 0. The second kappa shape index (κ2) is 5.29. The summed E-state index contributed by atoms with van der Waals surface area (Å²) in [6, 6.07) is 16.3. The van der Waals surface area contributed by atoms with Crippen LogP contribution in [0.25, 0.3) is 10.9 Å². The van der Waals surface area contributed by atoms with E-state index in [1.54, 1.807) is 14.2 Å². The number of hydrogen-bond acceptors (Lipinski definition) is 2. The zero-order valence-corrected chi connectivity index (χ0v) is 11.7. The maximum absolute atomic E-state index is 5.46. The van der Waals surface area contributed by atoms with Gasteiger partial charge in [-0.05, 0) is 29.7 Å². The summed E-state index contributed by atoms with van der Waals surface area (Å²) in [6.07, 6.45) is 2.09. The van der Waals surface area contributed by atoms with Crippen molar-refractivity contribution in [3.63, 3.8) is 0 Å². The van der Waals surface area contributed by atoms with Gasteiger partial charge in [0.2, 0.25) is 0 Å².